The number of hydrogen-bond donors (Lipinski definition) is 1. The van der Waals surface area contributed by atoms with Gasteiger partial charge in [0.2, 0.25) is 15.9 Å². The van der Waals surface area contributed by atoms with E-state index in [4.69, 9.17) is 4.74 Å². The van der Waals surface area contributed by atoms with Crippen LogP contribution < -0.4 is 10.1 Å². The van der Waals surface area contributed by atoms with Crippen molar-refractivity contribution >= 4 is 15.9 Å². The van der Waals surface area contributed by atoms with Crippen LogP contribution in [-0.2, 0) is 14.8 Å². The van der Waals surface area contributed by atoms with E-state index < -0.39 is 10.0 Å². The average molecular weight is 459 g/mol. The van der Waals surface area contributed by atoms with E-state index in [1.807, 2.05) is 13.8 Å². The van der Waals surface area contributed by atoms with Gasteiger partial charge in [-0.1, -0.05) is 12.1 Å². The van der Waals surface area contributed by atoms with E-state index in [0.29, 0.717) is 25.1 Å². The van der Waals surface area contributed by atoms with E-state index >= 15 is 0 Å². The molecule has 1 N–H and O–H groups in total. The SMILES string of the molecule is COc1ccc(S(=O)(=O)N2CCCC(C(=O)NC(C)c3cc(C)c(C)cc3C)C2)cc1C. The second-order valence-corrected chi connectivity index (χ2v) is 10.8. The third-order valence-corrected chi connectivity index (χ3v) is 8.33. The van der Waals surface area contributed by atoms with Crippen molar-refractivity contribution in [2.45, 2.75) is 58.4 Å². The molecule has 3 rings (SSSR count). The highest BCUT2D eigenvalue weighted by Gasteiger charge is 2.34. The van der Waals surface area contributed by atoms with Crippen LogP contribution in [0.5, 0.6) is 5.75 Å². The zero-order valence-electron chi connectivity index (χ0n) is 19.9. The number of carbonyl (C=O) groups is 1. The molecule has 2 unspecified atom stereocenters. The lowest BCUT2D eigenvalue weighted by Gasteiger charge is -2.32. The van der Waals surface area contributed by atoms with Crippen LogP contribution in [0.3, 0.4) is 0 Å². The normalized spacial score (nSPS) is 18.2. The maximum atomic E-state index is 13.2. The minimum Gasteiger partial charge on any atom is -0.496 e. The van der Waals surface area contributed by atoms with Crippen LogP contribution >= 0.6 is 0 Å². The predicted octanol–water partition coefficient (Wildman–Crippen LogP) is 4.21. The lowest BCUT2D eigenvalue weighted by molar-refractivity contribution is -0.126. The summed E-state index contributed by atoms with van der Waals surface area (Å²) in [6, 6.07) is 8.98. The highest BCUT2D eigenvalue weighted by Crippen LogP contribution is 2.28. The summed E-state index contributed by atoms with van der Waals surface area (Å²) in [5.74, 6) is 0.184. The molecule has 1 amide bonds. The smallest absolute Gasteiger partial charge is 0.243 e. The van der Waals surface area contributed by atoms with Crippen LogP contribution in [-0.4, -0.2) is 38.8 Å². The summed E-state index contributed by atoms with van der Waals surface area (Å²) in [5.41, 5.74) is 5.42. The number of carbonyl (C=O) groups excluding carboxylic acids is 1. The topological polar surface area (TPSA) is 75.7 Å². The van der Waals surface area contributed by atoms with Gasteiger partial charge in [0.25, 0.3) is 0 Å². The van der Waals surface area contributed by atoms with Gasteiger partial charge in [0.1, 0.15) is 5.75 Å². The molecule has 6 nitrogen and oxygen atoms in total. The first kappa shape index (κ1) is 24.3. The van der Waals surface area contributed by atoms with Gasteiger partial charge in [-0.15, -0.1) is 0 Å². The monoisotopic (exact) mass is 458 g/mol. The summed E-state index contributed by atoms with van der Waals surface area (Å²) < 4.78 is 33.1. The number of benzene rings is 2. The quantitative estimate of drug-likeness (QED) is 0.704. The van der Waals surface area contributed by atoms with Gasteiger partial charge in [-0.2, -0.15) is 4.31 Å². The molecule has 2 atom stereocenters. The number of piperidine rings is 1. The van der Waals surface area contributed by atoms with Crippen molar-refractivity contribution in [3.63, 3.8) is 0 Å². The van der Waals surface area contributed by atoms with E-state index in [-0.39, 0.29) is 29.3 Å². The van der Waals surface area contributed by atoms with Crippen LogP contribution in [0.1, 0.15) is 53.6 Å². The number of sulfonamides is 1. The summed E-state index contributed by atoms with van der Waals surface area (Å²) in [7, 11) is -2.12. The molecule has 1 aliphatic rings. The highest BCUT2D eigenvalue weighted by molar-refractivity contribution is 7.89. The first-order valence-electron chi connectivity index (χ1n) is 11.1. The van der Waals surface area contributed by atoms with Gasteiger partial charge in [0.05, 0.1) is 24.0 Å². The number of nitrogens with zero attached hydrogens (tertiary/aromatic N) is 1. The first-order valence-corrected chi connectivity index (χ1v) is 12.5. The summed E-state index contributed by atoms with van der Waals surface area (Å²) in [6.07, 6.45) is 1.33. The Morgan fingerprint density at radius 3 is 2.41 bits per heavy atom. The lowest BCUT2D eigenvalue weighted by atomic mass is 9.95. The Balaban J connectivity index is 1.73. The molecule has 0 bridgehead atoms. The third-order valence-electron chi connectivity index (χ3n) is 6.47. The van der Waals surface area contributed by atoms with Crippen molar-refractivity contribution in [3.8, 4) is 5.75 Å². The molecule has 32 heavy (non-hydrogen) atoms. The highest BCUT2D eigenvalue weighted by atomic mass is 32.2. The molecule has 1 fully saturated rings. The minimum atomic E-state index is -3.68. The maximum absolute atomic E-state index is 13.2. The summed E-state index contributed by atoms with van der Waals surface area (Å²) in [6.45, 7) is 10.6. The molecule has 7 heteroatoms. The number of amides is 1. The van der Waals surface area contributed by atoms with E-state index in [9.17, 15) is 13.2 Å². The molecule has 1 heterocycles. The molecule has 1 aliphatic heterocycles. The van der Waals surface area contributed by atoms with Crippen molar-refractivity contribution < 1.29 is 17.9 Å². The second-order valence-electron chi connectivity index (χ2n) is 8.86. The summed E-state index contributed by atoms with van der Waals surface area (Å²) in [4.78, 5) is 13.3. The Hall–Kier alpha value is -2.38. The van der Waals surface area contributed by atoms with Crippen molar-refractivity contribution in [2.75, 3.05) is 20.2 Å². The number of hydrogen-bond acceptors (Lipinski definition) is 4. The molecule has 174 valence electrons. The number of methoxy groups -OCH3 is 1. The number of nitrogens with one attached hydrogen (secondary N) is 1. The minimum absolute atomic E-state index is 0.0964. The third kappa shape index (κ3) is 4.99. The van der Waals surface area contributed by atoms with Crippen LogP contribution in [0.15, 0.2) is 35.2 Å². The van der Waals surface area contributed by atoms with E-state index in [1.165, 1.54) is 15.4 Å². The summed E-state index contributed by atoms with van der Waals surface area (Å²) in [5, 5.41) is 3.11. The lowest BCUT2D eigenvalue weighted by Crippen LogP contribution is -2.45. The largest absolute Gasteiger partial charge is 0.496 e. The maximum Gasteiger partial charge on any atom is 0.243 e. The fourth-order valence-electron chi connectivity index (χ4n) is 4.39. The van der Waals surface area contributed by atoms with Crippen molar-refractivity contribution in [1.29, 1.82) is 0 Å². The number of ether oxygens (including phenoxy) is 1. The Morgan fingerprint density at radius 1 is 1.06 bits per heavy atom. The Bertz CT molecular complexity index is 1110. The van der Waals surface area contributed by atoms with Crippen molar-refractivity contribution in [1.82, 2.24) is 9.62 Å². The first-order chi connectivity index (χ1) is 15.0. The zero-order valence-corrected chi connectivity index (χ0v) is 20.7. The molecule has 0 saturated carbocycles. The predicted molar refractivity (Wildman–Crippen MR) is 126 cm³/mol. The molecule has 0 spiro atoms. The molecule has 0 radical (unpaired) electrons. The van der Waals surface area contributed by atoms with Crippen LogP contribution in [0.25, 0.3) is 0 Å². The molecular weight excluding hydrogens is 424 g/mol. The van der Waals surface area contributed by atoms with E-state index in [0.717, 1.165) is 16.7 Å². The fraction of sp³-hybridized carbons (Fsp3) is 0.480. The zero-order chi connectivity index (χ0) is 23.6. The molecule has 0 aromatic heterocycles. The summed E-state index contributed by atoms with van der Waals surface area (Å²) >= 11 is 0. The molecule has 0 aliphatic carbocycles. The van der Waals surface area contributed by atoms with Crippen molar-refractivity contribution in [3.05, 3.63) is 58.1 Å². The van der Waals surface area contributed by atoms with Gasteiger partial charge < -0.3 is 10.1 Å². The van der Waals surface area contributed by atoms with Crippen LogP contribution in [0.4, 0.5) is 0 Å². The fourth-order valence-corrected chi connectivity index (χ4v) is 6.00. The van der Waals surface area contributed by atoms with Crippen LogP contribution in [0, 0.1) is 33.6 Å². The van der Waals surface area contributed by atoms with Gasteiger partial charge in [-0.25, -0.2) is 8.42 Å². The standard InChI is InChI=1S/C25H34N2O4S/c1-16-12-18(3)23(14-17(16)2)20(5)26-25(28)21-8-7-11-27(15-21)32(29,30)22-9-10-24(31-6)19(4)13-22/h9-10,12-14,20-21H,7-8,11,15H2,1-6H3,(H,26,28). The number of aryl methyl sites for hydroxylation is 4. The Kier molecular flexibility index (Phi) is 7.30. The van der Waals surface area contributed by atoms with Crippen LogP contribution in [0.2, 0.25) is 0 Å². The van der Waals surface area contributed by atoms with Gasteiger partial charge in [-0.05, 0) is 93.5 Å². The van der Waals surface area contributed by atoms with E-state index in [1.54, 1.807) is 25.3 Å². The number of rotatable bonds is 6. The Labute approximate surface area is 192 Å². The van der Waals surface area contributed by atoms with Gasteiger partial charge in [0, 0.05) is 13.1 Å². The van der Waals surface area contributed by atoms with Gasteiger partial charge >= 0.3 is 0 Å². The Morgan fingerprint density at radius 2 is 1.75 bits per heavy atom. The van der Waals surface area contributed by atoms with Gasteiger partial charge in [0.15, 0.2) is 0 Å². The molecule has 2 aromatic carbocycles. The second kappa shape index (κ2) is 9.63. The molecule has 2 aromatic rings. The molecular formula is C25H34N2O4S. The van der Waals surface area contributed by atoms with E-state index in [2.05, 4.69) is 38.2 Å². The average Bonchev–Trinajstić information content (AvgIpc) is 2.76. The molecule has 1 saturated heterocycles. The van der Waals surface area contributed by atoms with Gasteiger partial charge in [-0.3, -0.25) is 4.79 Å². The van der Waals surface area contributed by atoms with Crippen molar-refractivity contribution in [2.24, 2.45) is 5.92 Å².